The van der Waals surface area contributed by atoms with Crippen LogP contribution in [0.3, 0.4) is 0 Å². The van der Waals surface area contributed by atoms with Gasteiger partial charge in [0.15, 0.2) is 11.5 Å². The number of nitrogens with one attached hydrogen (secondary N) is 2. The SMILES string of the molecule is COc1ccc(CCN2C(=O)[C@@H]3[C@H](CC(C)C)N[C@]4(C(=O)Nc5ccccc54)[C@@H]3C2=O)cc1OC. The van der Waals surface area contributed by atoms with Gasteiger partial charge in [0, 0.05) is 23.8 Å². The van der Waals surface area contributed by atoms with Gasteiger partial charge in [0.25, 0.3) is 0 Å². The molecule has 0 unspecified atom stereocenters. The number of likely N-dealkylation sites (tertiary alicyclic amines) is 1. The molecule has 0 saturated carbocycles. The smallest absolute Gasteiger partial charge is 0.250 e. The molecule has 0 aromatic heterocycles. The van der Waals surface area contributed by atoms with E-state index in [4.69, 9.17) is 9.47 Å². The Morgan fingerprint density at radius 1 is 1.00 bits per heavy atom. The molecule has 0 bridgehead atoms. The van der Waals surface area contributed by atoms with E-state index in [1.165, 1.54) is 4.90 Å². The highest BCUT2D eigenvalue weighted by Crippen LogP contribution is 2.53. The minimum Gasteiger partial charge on any atom is -0.493 e. The number of benzene rings is 2. The van der Waals surface area contributed by atoms with Crippen LogP contribution >= 0.6 is 0 Å². The van der Waals surface area contributed by atoms with E-state index in [-0.39, 0.29) is 30.3 Å². The molecule has 2 saturated heterocycles. The molecule has 8 nitrogen and oxygen atoms in total. The first kappa shape index (κ1) is 23.4. The van der Waals surface area contributed by atoms with E-state index in [1.807, 2.05) is 42.5 Å². The molecule has 3 aliphatic rings. The van der Waals surface area contributed by atoms with E-state index >= 15 is 0 Å². The molecule has 5 rings (SSSR count). The zero-order valence-corrected chi connectivity index (χ0v) is 20.5. The number of para-hydroxylation sites is 1. The van der Waals surface area contributed by atoms with Crippen molar-refractivity contribution in [3.8, 4) is 11.5 Å². The van der Waals surface area contributed by atoms with E-state index in [0.717, 1.165) is 11.1 Å². The molecule has 8 heteroatoms. The quantitative estimate of drug-likeness (QED) is 0.596. The van der Waals surface area contributed by atoms with Crippen LogP contribution in [0.25, 0.3) is 0 Å². The maximum absolute atomic E-state index is 13.8. The lowest BCUT2D eigenvalue weighted by Gasteiger charge is -2.30. The predicted molar refractivity (Wildman–Crippen MR) is 130 cm³/mol. The number of methoxy groups -OCH3 is 2. The van der Waals surface area contributed by atoms with Crippen LogP contribution in [-0.2, 0) is 26.3 Å². The van der Waals surface area contributed by atoms with Gasteiger partial charge in [-0.1, -0.05) is 38.1 Å². The maximum atomic E-state index is 13.8. The number of hydrogen-bond acceptors (Lipinski definition) is 6. The van der Waals surface area contributed by atoms with Crippen molar-refractivity contribution >= 4 is 23.4 Å². The number of carbonyl (C=O) groups is 3. The second-order valence-electron chi connectivity index (χ2n) is 9.96. The van der Waals surface area contributed by atoms with Crippen LogP contribution in [0, 0.1) is 17.8 Å². The van der Waals surface area contributed by atoms with Crippen LogP contribution in [0.1, 0.15) is 31.4 Å². The van der Waals surface area contributed by atoms with Gasteiger partial charge in [0.1, 0.15) is 5.54 Å². The van der Waals surface area contributed by atoms with Crippen LogP contribution in [0.15, 0.2) is 42.5 Å². The van der Waals surface area contributed by atoms with Crippen molar-refractivity contribution in [1.82, 2.24) is 10.2 Å². The molecule has 3 amide bonds. The number of fused-ring (bicyclic) bond motifs is 4. The van der Waals surface area contributed by atoms with Gasteiger partial charge in [-0.3, -0.25) is 24.6 Å². The molecule has 3 heterocycles. The van der Waals surface area contributed by atoms with Crippen molar-refractivity contribution in [3.05, 3.63) is 53.6 Å². The predicted octanol–water partition coefficient (Wildman–Crippen LogP) is 2.71. The van der Waals surface area contributed by atoms with Gasteiger partial charge in [-0.25, -0.2) is 0 Å². The van der Waals surface area contributed by atoms with Crippen molar-refractivity contribution in [2.45, 2.75) is 38.3 Å². The molecular formula is C27H31N3O5. The normalized spacial score (nSPS) is 26.9. The molecule has 2 aromatic rings. The number of anilines is 1. The van der Waals surface area contributed by atoms with E-state index in [1.54, 1.807) is 14.2 Å². The Balaban J connectivity index is 1.47. The molecule has 35 heavy (non-hydrogen) atoms. The minimum absolute atomic E-state index is 0.201. The average molecular weight is 478 g/mol. The monoisotopic (exact) mass is 477 g/mol. The molecule has 2 fully saturated rings. The van der Waals surface area contributed by atoms with Crippen molar-refractivity contribution < 1.29 is 23.9 Å². The lowest BCUT2D eigenvalue weighted by Crippen LogP contribution is -2.53. The molecule has 3 aliphatic heterocycles. The number of ether oxygens (including phenoxy) is 2. The largest absolute Gasteiger partial charge is 0.493 e. The minimum atomic E-state index is -1.23. The lowest BCUT2D eigenvalue weighted by atomic mass is 9.76. The summed E-state index contributed by atoms with van der Waals surface area (Å²) in [6.07, 6.45) is 1.18. The molecule has 1 spiro atoms. The number of hydrogen-bond donors (Lipinski definition) is 2. The van der Waals surface area contributed by atoms with Gasteiger partial charge in [-0.15, -0.1) is 0 Å². The van der Waals surface area contributed by atoms with E-state index in [2.05, 4.69) is 24.5 Å². The second kappa shape index (κ2) is 8.68. The topological polar surface area (TPSA) is 97.0 Å². The first-order chi connectivity index (χ1) is 16.8. The van der Waals surface area contributed by atoms with Crippen LogP contribution < -0.4 is 20.1 Å². The summed E-state index contributed by atoms with van der Waals surface area (Å²) in [7, 11) is 3.15. The average Bonchev–Trinajstić information content (AvgIpc) is 3.41. The highest BCUT2D eigenvalue weighted by atomic mass is 16.5. The van der Waals surface area contributed by atoms with E-state index in [0.29, 0.717) is 35.9 Å². The second-order valence-corrected chi connectivity index (χ2v) is 9.96. The Morgan fingerprint density at radius 3 is 2.46 bits per heavy atom. The molecule has 0 aliphatic carbocycles. The number of amides is 3. The van der Waals surface area contributed by atoms with Gasteiger partial charge < -0.3 is 14.8 Å². The summed E-state index contributed by atoms with van der Waals surface area (Å²) >= 11 is 0. The molecule has 184 valence electrons. The fourth-order valence-electron chi connectivity index (χ4n) is 6.03. The Morgan fingerprint density at radius 2 is 1.74 bits per heavy atom. The van der Waals surface area contributed by atoms with Crippen LogP contribution in [0.2, 0.25) is 0 Å². The summed E-state index contributed by atoms with van der Waals surface area (Å²) in [6, 6.07) is 12.7. The Bertz CT molecular complexity index is 1200. The van der Waals surface area contributed by atoms with Gasteiger partial charge in [0.05, 0.1) is 26.1 Å². The number of nitrogens with zero attached hydrogens (tertiary/aromatic N) is 1. The third-order valence-electron chi connectivity index (χ3n) is 7.51. The zero-order valence-electron chi connectivity index (χ0n) is 20.5. The van der Waals surface area contributed by atoms with Gasteiger partial charge in [-0.2, -0.15) is 0 Å². The van der Waals surface area contributed by atoms with Crippen LogP contribution in [0.4, 0.5) is 5.69 Å². The first-order valence-electron chi connectivity index (χ1n) is 12.1. The van der Waals surface area contributed by atoms with Crippen LogP contribution in [0.5, 0.6) is 11.5 Å². The molecule has 0 radical (unpaired) electrons. The summed E-state index contributed by atoms with van der Waals surface area (Å²) < 4.78 is 10.7. The highest BCUT2D eigenvalue weighted by molar-refractivity contribution is 6.15. The van der Waals surface area contributed by atoms with Crippen molar-refractivity contribution in [1.29, 1.82) is 0 Å². The van der Waals surface area contributed by atoms with Gasteiger partial charge in [-0.05, 0) is 42.5 Å². The summed E-state index contributed by atoms with van der Waals surface area (Å²) in [6.45, 7) is 4.41. The Hall–Kier alpha value is -3.39. The van der Waals surface area contributed by atoms with E-state index < -0.39 is 17.4 Å². The zero-order chi connectivity index (χ0) is 24.9. The molecule has 4 atom stereocenters. The summed E-state index contributed by atoms with van der Waals surface area (Å²) in [5.74, 6) is -0.580. The van der Waals surface area contributed by atoms with Gasteiger partial charge >= 0.3 is 0 Å². The number of carbonyl (C=O) groups excluding carboxylic acids is 3. The third kappa shape index (κ3) is 3.50. The molecular weight excluding hydrogens is 446 g/mol. The van der Waals surface area contributed by atoms with Crippen molar-refractivity contribution in [2.24, 2.45) is 17.8 Å². The third-order valence-corrected chi connectivity index (χ3v) is 7.51. The molecule has 2 aromatic carbocycles. The number of imide groups is 1. The fourth-order valence-corrected chi connectivity index (χ4v) is 6.03. The maximum Gasteiger partial charge on any atom is 0.250 e. The van der Waals surface area contributed by atoms with Crippen LogP contribution in [-0.4, -0.2) is 49.4 Å². The highest BCUT2D eigenvalue weighted by Gasteiger charge is 2.70. The van der Waals surface area contributed by atoms with Crippen molar-refractivity contribution in [2.75, 3.05) is 26.1 Å². The summed E-state index contributed by atoms with van der Waals surface area (Å²) in [5, 5.41) is 6.42. The Kier molecular flexibility index (Phi) is 5.79. The fraction of sp³-hybridized carbons (Fsp3) is 0.444. The standard InChI is InChI=1S/C27H31N3O5/c1-15(2)13-19-22-23(27(29-19)17-7-5-6-8-18(17)28-26(27)33)25(32)30(24(22)31)12-11-16-9-10-20(34-3)21(14-16)35-4/h5-10,14-15,19,22-23,29H,11-13H2,1-4H3,(H,28,33)/t19-,22+,23-,27-/m0/s1. The van der Waals surface area contributed by atoms with E-state index in [9.17, 15) is 14.4 Å². The number of rotatable bonds is 7. The van der Waals surface area contributed by atoms with Gasteiger partial charge in [0.2, 0.25) is 17.7 Å². The first-order valence-corrected chi connectivity index (χ1v) is 12.1. The summed E-state index contributed by atoms with van der Waals surface area (Å²) in [4.78, 5) is 42.3. The lowest BCUT2D eigenvalue weighted by molar-refractivity contribution is -0.142. The Labute approximate surface area is 205 Å². The molecule has 2 N–H and O–H groups in total. The van der Waals surface area contributed by atoms with Crippen molar-refractivity contribution in [3.63, 3.8) is 0 Å². The summed E-state index contributed by atoms with van der Waals surface area (Å²) in [5.41, 5.74) is 1.13.